The summed E-state index contributed by atoms with van der Waals surface area (Å²) in [5.74, 6) is 0.256. The van der Waals surface area contributed by atoms with Crippen molar-refractivity contribution in [3.8, 4) is 0 Å². The van der Waals surface area contributed by atoms with Crippen molar-refractivity contribution in [1.82, 2.24) is 10.6 Å². The van der Waals surface area contributed by atoms with Crippen LogP contribution in [0.3, 0.4) is 0 Å². The summed E-state index contributed by atoms with van der Waals surface area (Å²) in [6, 6.07) is 0.286. The van der Waals surface area contributed by atoms with Crippen LogP contribution >= 0.6 is 0 Å². The first kappa shape index (κ1) is 10.9. The normalized spacial score (nSPS) is 32.7. The molecule has 1 heterocycles. The molecule has 0 bridgehead atoms. The number of nitrogens with one attached hydrogen (secondary N) is 2. The Labute approximate surface area is 90.4 Å². The standard InChI is InChI=1S/C11H20N2O2/c1-8-9(2-5-12-8)10(15)13-6-11(7-14)3-4-11/h8-9,12,14H,2-7H2,1H3,(H,13,15). The van der Waals surface area contributed by atoms with Gasteiger partial charge in [-0.3, -0.25) is 4.79 Å². The first-order valence-electron chi connectivity index (χ1n) is 5.79. The Bertz CT molecular complexity index is 251. The summed E-state index contributed by atoms with van der Waals surface area (Å²) in [4.78, 5) is 11.8. The largest absolute Gasteiger partial charge is 0.396 e. The van der Waals surface area contributed by atoms with Gasteiger partial charge in [-0.1, -0.05) is 0 Å². The Morgan fingerprint density at radius 3 is 2.80 bits per heavy atom. The molecule has 0 aromatic rings. The van der Waals surface area contributed by atoms with Gasteiger partial charge in [-0.05, 0) is 32.7 Å². The molecule has 2 aliphatic rings. The molecule has 1 amide bonds. The van der Waals surface area contributed by atoms with E-state index in [4.69, 9.17) is 5.11 Å². The van der Waals surface area contributed by atoms with E-state index in [0.717, 1.165) is 25.8 Å². The highest BCUT2D eigenvalue weighted by Gasteiger charge is 2.42. The van der Waals surface area contributed by atoms with Crippen LogP contribution in [0, 0.1) is 11.3 Å². The van der Waals surface area contributed by atoms with E-state index < -0.39 is 0 Å². The zero-order valence-electron chi connectivity index (χ0n) is 9.25. The van der Waals surface area contributed by atoms with Crippen LogP contribution in [0.4, 0.5) is 0 Å². The smallest absolute Gasteiger partial charge is 0.224 e. The number of hydrogen-bond acceptors (Lipinski definition) is 3. The summed E-state index contributed by atoms with van der Waals surface area (Å²) < 4.78 is 0. The maximum absolute atomic E-state index is 11.8. The monoisotopic (exact) mass is 212 g/mol. The van der Waals surface area contributed by atoms with Crippen LogP contribution in [0.5, 0.6) is 0 Å². The number of hydrogen-bond donors (Lipinski definition) is 3. The molecule has 2 unspecified atom stereocenters. The molecule has 2 fully saturated rings. The molecular formula is C11H20N2O2. The van der Waals surface area contributed by atoms with Gasteiger partial charge in [-0.2, -0.15) is 0 Å². The van der Waals surface area contributed by atoms with Crippen LogP contribution in [0.25, 0.3) is 0 Å². The average molecular weight is 212 g/mol. The highest BCUT2D eigenvalue weighted by atomic mass is 16.3. The third kappa shape index (κ3) is 2.32. The Morgan fingerprint density at radius 1 is 1.60 bits per heavy atom. The van der Waals surface area contributed by atoms with Crippen LogP contribution in [-0.2, 0) is 4.79 Å². The van der Waals surface area contributed by atoms with Crippen molar-refractivity contribution in [1.29, 1.82) is 0 Å². The van der Waals surface area contributed by atoms with Gasteiger partial charge in [0.2, 0.25) is 5.91 Å². The summed E-state index contributed by atoms with van der Waals surface area (Å²) in [5, 5.41) is 15.4. The average Bonchev–Trinajstić information content (AvgIpc) is 2.91. The molecule has 86 valence electrons. The third-order valence-electron chi connectivity index (χ3n) is 3.79. The highest BCUT2D eigenvalue weighted by molar-refractivity contribution is 5.79. The van der Waals surface area contributed by atoms with E-state index in [1.54, 1.807) is 0 Å². The lowest BCUT2D eigenvalue weighted by molar-refractivity contribution is -0.125. The fraction of sp³-hybridized carbons (Fsp3) is 0.909. The summed E-state index contributed by atoms with van der Waals surface area (Å²) in [6.45, 7) is 3.83. The Kier molecular flexibility index (Phi) is 2.98. The lowest BCUT2D eigenvalue weighted by Crippen LogP contribution is -2.39. The molecule has 4 heteroatoms. The maximum Gasteiger partial charge on any atom is 0.224 e. The molecule has 1 saturated heterocycles. The molecule has 0 spiro atoms. The second kappa shape index (κ2) is 4.10. The first-order chi connectivity index (χ1) is 7.17. The topological polar surface area (TPSA) is 61.4 Å². The Balaban J connectivity index is 1.77. The zero-order valence-corrected chi connectivity index (χ0v) is 9.25. The Morgan fingerprint density at radius 2 is 2.33 bits per heavy atom. The van der Waals surface area contributed by atoms with Gasteiger partial charge in [-0.25, -0.2) is 0 Å². The Hall–Kier alpha value is -0.610. The molecule has 1 aliphatic carbocycles. The summed E-state index contributed by atoms with van der Waals surface area (Å²) in [5.41, 5.74) is 0.0188. The zero-order chi connectivity index (χ0) is 10.9. The third-order valence-corrected chi connectivity index (χ3v) is 3.79. The predicted octanol–water partition coefficient (Wildman–Crippen LogP) is -0.127. The molecule has 15 heavy (non-hydrogen) atoms. The number of carbonyl (C=O) groups is 1. The van der Waals surface area contributed by atoms with Crippen LogP contribution < -0.4 is 10.6 Å². The van der Waals surface area contributed by atoms with Crippen LogP contribution in [-0.4, -0.2) is 36.8 Å². The summed E-state index contributed by atoms with van der Waals surface area (Å²) in [7, 11) is 0. The molecule has 1 aliphatic heterocycles. The fourth-order valence-electron chi connectivity index (χ4n) is 2.19. The second-order valence-electron chi connectivity index (χ2n) is 5.01. The van der Waals surface area contributed by atoms with Gasteiger partial charge in [0.05, 0.1) is 12.5 Å². The van der Waals surface area contributed by atoms with Crippen molar-refractivity contribution in [2.75, 3.05) is 19.7 Å². The van der Waals surface area contributed by atoms with Gasteiger partial charge in [-0.15, -0.1) is 0 Å². The van der Waals surface area contributed by atoms with Crippen LogP contribution in [0.1, 0.15) is 26.2 Å². The van der Waals surface area contributed by atoms with Gasteiger partial charge < -0.3 is 15.7 Å². The van der Waals surface area contributed by atoms with E-state index in [0.29, 0.717) is 6.54 Å². The summed E-state index contributed by atoms with van der Waals surface area (Å²) >= 11 is 0. The van der Waals surface area contributed by atoms with Crippen LogP contribution in [0.2, 0.25) is 0 Å². The first-order valence-corrected chi connectivity index (χ1v) is 5.79. The van der Waals surface area contributed by atoms with E-state index >= 15 is 0 Å². The minimum atomic E-state index is 0.0188. The van der Waals surface area contributed by atoms with Gasteiger partial charge >= 0.3 is 0 Å². The number of amides is 1. The van der Waals surface area contributed by atoms with Crippen molar-refractivity contribution in [2.24, 2.45) is 11.3 Å². The van der Waals surface area contributed by atoms with Crippen molar-refractivity contribution in [3.05, 3.63) is 0 Å². The van der Waals surface area contributed by atoms with E-state index in [1.165, 1.54) is 0 Å². The highest BCUT2D eigenvalue weighted by Crippen LogP contribution is 2.44. The number of carbonyl (C=O) groups excluding carboxylic acids is 1. The fourth-order valence-corrected chi connectivity index (χ4v) is 2.19. The van der Waals surface area contributed by atoms with E-state index in [1.807, 2.05) is 0 Å². The molecular weight excluding hydrogens is 192 g/mol. The van der Waals surface area contributed by atoms with Crippen molar-refractivity contribution < 1.29 is 9.90 Å². The lowest BCUT2D eigenvalue weighted by Gasteiger charge is -2.18. The van der Waals surface area contributed by atoms with Crippen molar-refractivity contribution in [3.63, 3.8) is 0 Å². The lowest BCUT2D eigenvalue weighted by atomic mass is 10.0. The van der Waals surface area contributed by atoms with Gasteiger partial charge in [0.1, 0.15) is 0 Å². The van der Waals surface area contributed by atoms with Gasteiger partial charge in [0, 0.05) is 18.0 Å². The molecule has 0 aromatic carbocycles. The second-order valence-corrected chi connectivity index (χ2v) is 5.01. The SMILES string of the molecule is CC1NCCC1C(=O)NCC1(CO)CC1. The van der Waals surface area contributed by atoms with Gasteiger partial charge in [0.15, 0.2) is 0 Å². The van der Waals surface area contributed by atoms with Crippen molar-refractivity contribution in [2.45, 2.75) is 32.2 Å². The number of rotatable bonds is 4. The van der Waals surface area contributed by atoms with Crippen LogP contribution in [0.15, 0.2) is 0 Å². The molecule has 4 nitrogen and oxygen atoms in total. The molecule has 0 aromatic heterocycles. The van der Waals surface area contributed by atoms with Crippen molar-refractivity contribution >= 4 is 5.91 Å². The molecule has 1 saturated carbocycles. The number of aliphatic hydroxyl groups excluding tert-OH is 1. The predicted molar refractivity (Wildman–Crippen MR) is 57.3 cm³/mol. The molecule has 0 radical (unpaired) electrons. The molecule has 2 atom stereocenters. The van der Waals surface area contributed by atoms with E-state index in [2.05, 4.69) is 17.6 Å². The number of aliphatic hydroxyl groups is 1. The quantitative estimate of drug-likeness (QED) is 0.608. The molecule has 2 rings (SSSR count). The minimum Gasteiger partial charge on any atom is -0.396 e. The van der Waals surface area contributed by atoms with Gasteiger partial charge in [0.25, 0.3) is 0 Å². The minimum absolute atomic E-state index is 0.0188. The van der Waals surface area contributed by atoms with E-state index in [9.17, 15) is 4.79 Å². The summed E-state index contributed by atoms with van der Waals surface area (Å²) in [6.07, 6.45) is 3.02. The molecule has 3 N–H and O–H groups in total. The maximum atomic E-state index is 11.8. The van der Waals surface area contributed by atoms with E-state index in [-0.39, 0.29) is 29.9 Å².